The number of aromatic nitrogens is 3. The predicted octanol–water partition coefficient (Wildman–Crippen LogP) is 2.37. The Balaban J connectivity index is 1.41. The summed E-state index contributed by atoms with van der Waals surface area (Å²) in [6.07, 6.45) is 5.35. The lowest BCUT2D eigenvalue weighted by atomic mass is 10.1. The van der Waals surface area contributed by atoms with E-state index in [0.717, 1.165) is 35.9 Å². The van der Waals surface area contributed by atoms with Crippen molar-refractivity contribution in [3.63, 3.8) is 0 Å². The number of aliphatic hydroxyl groups excluding tert-OH is 1. The van der Waals surface area contributed by atoms with Gasteiger partial charge in [0.2, 0.25) is 5.95 Å². The number of benzene rings is 1. The smallest absolute Gasteiger partial charge is 0.306 e. The van der Waals surface area contributed by atoms with Crippen LogP contribution in [0.5, 0.6) is 5.75 Å². The first-order valence-electron chi connectivity index (χ1n) is 14.1. The number of morpholine rings is 1. The number of nitrogens with one attached hydrogen (secondary N) is 1. The lowest BCUT2D eigenvalue weighted by Crippen LogP contribution is -2.42. The molecule has 3 aromatic rings. The number of methoxy groups -OCH3 is 1. The van der Waals surface area contributed by atoms with Gasteiger partial charge in [-0.05, 0) is 30.5 Å². The molecule has 4 N–H and O–H groups in total. The lowest BCUT2D eigenvalue weighted by Gasteiger charge is -2.26. The van der Waals surface area contributed by atoms with Crippen LogP contribution in [0.1, 0.15) is 43.7 Å². The molecule has 0 radical (unpaired) electrons. The monoisotopic (exact) mass is 568 g/mol. The summed E-state index contributed by atoms with van der Waals surface area (Å²) in [6.45, 7) is 4.36. The van der Waals surface area contributed by atoms with Crippen LogP contribution in [-0.2, 0) is 32.0 Å². The largest absolute Gasteiger partial charge is 0.496 e. The molecule has 1 saturated heterocycles. The number of rotatable bonds is 14. The van der Waals surface area contributed by atoms with E-state index in [9.17, 15) is 14.7 Å². The number of fused-ring (bicyclic) bond motifs is 1. The van der Waals surface area contributed by atoms with Gasteiger partial charge in [-0.15, -0.1) is 0 Å². The van der Waals surface area contributed by atoms with Crippen molar-refractivity contribution in [3.8, 4) is 5.75 Å². The first kappa shape index (κ1) is 30.1. The van der Waals surface area contributed by atoms with Crippen LogP contribution >= 0.6 is 0 Å². The maximum Gasteiger partial charge on any atom is 0.306 e. The van der Waals surface area contributed by atoms with Gasteiger partial charge in [-0.3, -0.25) is 9.59 Å². The topological polar surface area (TPSA) is 154 Å². The maximum absolute atomic E-state index is 12.3. The molecule has 1 aliphatic heterocycles. The fourth-order valence-electron chi connectivity index (χ4n) is 4.83. The molecule has 0 spiro atoms. The summed E-state index contributed by atoms with van der Waals surface area (Å²) in [7, 11) is 1.61. The normalized spacial score (nSPS) is 14.2. The van der Waals surface area contributed by atoms with E-state index in [1.54, 1.807) is 12.0 Å². The fraction of sp³-hybridized carbons (Fsp3) is 0.517. The van der Waals surface area contributed by atoms with Crippen molar-refractivity contribution in [1.29, 1.82) is 0 Å². The summed E-state index contributed by atoms with van der Waals surface area (Å²) in [5.74, 6) is 0.796. The van der Waals surface area contributed by atoms with E-state index in [2.05, 4.69) is 22.2 Å². The van der Waals surface area contributed by atoms with Gasteiger partial charge in [-0.2, -0.15) is 4.98 Å². The fourth-order valence-corrected chi connectivity index (χ4v) is 4.83. The number of aliphatic hydroxyl groups is 1. The average Bonchev–Trinajstić information content (AvgIpc) is 3.39. The molecule has 0 bridgehead atoms. The number of aryl methyl sites for hydroxylation is 1. The van der Waals surface area contributed by atoms with Gasteiger partial charge in [0.15, 0.2) is 12.4 Å². The second-order valence-electron chi connectivity index (χ2n) is 10.1. The Morgan fingerprint density at radius 3 is 2.76 bits per heavy atom. The molecule has 41 heavy (non-hydrogen) atoms. The maximum atomic E-state index is 12.3. The van der Waals surface area contributed by atoms with Crippen LogP contribution in [-0.4, -0.2) is 89.1 Å². The summed E-state index contributed by atoms with van der Waals surface area (Å²) in [5, 5.41) is 13.2. The number of carbonyl (C=O) groups is 2. The van der Waals surface area contributed by atoms with Crippen molar-refractivity contribution in [1.82, 2.24) is 19.4 Å². The summed E-state index contributed by atoms with van der Waals surface area (Å²) < 4.78 is 18.1. The number of esters is 1. The van der Waals surface area contributed by atoms with Gasteiger partial charge in [0.25, 0.3) is 5.91 Å². The van der Waals surface area contributed by atoms with E-state index in [1.807, 2.05) is 35.0 Å². The molecule has 2 aromatic heterocycles. The summed E-state index contributed by atoms with van der Waals surface area (Å²) in [6, 6.07) is 7.57. The molecule has 222 valence electrons. The molecular weight excluding hydrogens is 528 g/mol. The van der Waals surface area contributed by atoms with Crippen molar-refractivity contribution in [2.45, 2.75) is 51.6 Å². The van der Waals surface area contributed by atoms with Crippen molar-refractivity contribution >= 4 is 34.7 Å². The molecule has 12 heteroatoms. The standard InChI is InChI=1S/C29H40N6O6/c1-3-4-5-22(18-36)31-28-27-23(32-29(30)33-28)10-11-35(27)17-21-8-6-20(16-24(21)39-2)7-9-26(38)41-19-25(37)34-12-14-40-15-13-34/h6,8,10-11,16,22,36H,3-5,7,9,12-15,17-19H2,1-2H3,(H3,30,31,32,33). The zero-order valence-corrected chi connectivity index (χ0v) is 23.8. The summed E-state index contributed by atoms with van der Waals surface area (Å²) in [5.41, 5.74) is 9.31. The van der Waals surface area contributed by atoms with Crippen LogP contribution in [0.4, 0.5) is 11.8 Å². The number of amides is 1. The van der Waals surface area contributed by atoms with Crippen molar-refractivity contribution in [2.24, 2.45) is 0 Å². The molecule has 1 amide bonds. The third kappa shape index (κ3) is 8.08. The van der Waals surface area contributed by atoms with Crippen LogP contribution in [0, 0.1) is 0 Å². The SMILES string of the molecule is CCCCC(CO)Nc1nc(N)nc2ccn(Cc3ccc(CCC(=O)OCC(=O)N4CCOCC4)cc3OC)c12. The number of hydrogen-bond acceptors (Lipinski definition) is 10. The minimum atomic E-state index is -0.423. The minimum Gasteiger partial charge on any atom is -0.496 e. The second kappa shape index (κ2) is 14.6. The van der Waals surface area contributed by atoms with Crippen LogP contribution in [0.25, 0.3) is 11.0 Å². The number of ether oxygens (including phenoxy) is 3. The van der Waals surface area contributed by atoms with Gasteiger partial charge in [-0.1, -0.05) is 31.9 Å². The van der Waals surface area contributed by atoms with Gasteiger partial charge in [0.1, 0.15) is 11.3 Å². The Morgan fingerprint density at radius 1 is 1.22 bits per heavy atom. The number of hydrogen-bond donors (Lipinski definition) is 3. The van der Waals surface area contributed by atoms with Gasteiger partial charge in [0, 0.05) is 31.3 Å². The zero-order valence-electron chi connectivity index (χ0n) is 23.8. The van der Waals surface area contributed by atoms with Crippen LogP contribution in [0.15, 0.2) is 30.5 Å². The quantitative estimate of drug-likeness (QED) is 0.247. The highest BCUT2D eigenvalue weighted by atomic mass is 16.5. The number of unbranched alkanes of at least 4 members (excludes halogenated alkanes) is 1. The highest BCUT2D eigenvalue weighted by Gasteiger charge is 2.19. The molecule has 1 aliphatic rings. The number of nitrogen functional groups attached to an aromatic ring is 1. The third-order valence-electron chi connectivity index (χ3n) is 7.13. The molecule has 12 nitrogen and oxygen atoms in total. The summed E-state index contributed by atoms with van der Waals surface area (Å²) >= 11 is 0. The van der Waals surface area contributed by atoms with Crippen molar-refractivity contribution < 1.29 is 28.9 Å². The van der Waals surface area contributed by atoms with E-state index in [1.165, 1.54) is 0 Å². The highest BCUT2D eigenvalue weighted by molar-refractivity contribution is 5.88. The minimum absolute atomic E-state index is 0.0148. The van der Waals surface area contributed by atoms with E-state index in [4.69, 9.17) is 19.9 Å². The Hall–Kier alpha value is -3.90. The number of nitrogens with zero attached hydrogens (tertiary/aromatic N) is 4. The third-order valence-corrected chi connectivity index (χ3v) is 7.13. The van der Waals surface area contributed by atoms with Gasteiger partial charge in [-0.25, -0.2) is 4.98 Å². The van der Waals surface area contributed by atoms with Crippen LogP contribution in [0.3, 0.4) is 0 Å². The van der Waals surface area contributed by atoms with Crippen molar-refractivity contribution in [2.75, 3.05) is 57.7 Å². The number of anilines is 2. The number of carbonyl (C=O) groups excluding carboxylic acids is 2. The average molecular weight is 569 g/mol. The molecule has 0 aliphatic carbocycles. The molecule has 1 unspecified atom stereocenters. The highest BCUT2D eigenvalue weighted by Crippen LogP contribution is 2.28. The van der Waals surface area contributed by atoms with E-state index >= 15 is 0 Å². The molecule has 0 saturated carbocycles. The summed E-state index contributed by atoms with van der Waals surface area (Å²) in [4.78, 5) is 34.9. The second-order valence-corrected chi connectivity index (χ2v) is 10.1. The van der Waals surface area contributed by atoms with E-state index in [0.29, 0.717) is 56.4 Å². The number of nitrogens with two attached hydrogens (primary N) is 1. The van der Waals surface area contributed by atoms with Gasteiger partial charge >= 0.3 is 5.97 Å². The van der Waals surface area contributed by atoms with E-state index < -0.39 is 5.97 Å². The molecule has 4 rings (SSSR count). The van der Waals surface area contributed by atoms with Crippen LogP contribution < -0.4 is 15.8 Å². The van der Waals surface area contributed by atoms with Crippen LogP contribution in [0.2, 0.25) is 0 Å². The molecule has 1 aromatic carbocycles. The van der Waals surface area contributed by atoms with Gasteiger partial charge < -0.3 is 39.8 Å². The first-order chi connectivity index (χ1) is 19.9. The molecular formula is C29H40N6O6. The molecule has 3 heterocycles. The Bertz CT molecular complexity index is 1320. The first-order valence-corrected chi connectivity index (χ1v) is 14.1. The van der Waals surface area contributed by atoms with Gasteiger partial charge in [0.05, 0.1) is 45.0 Å². The molecule has 1 fully saturated rings. The van der Waals surface area contributed by atoms with E-state index in [-0.39, 0.29) is 37.5 Å². The zero-order chi connectivity index (χ0) is 29.2. The lowest BCUT2D eigenvalue weighted by molar-refractivity contribution is -0.153. The Morgan fingerprint density at radius 2 is 2.02 bits per heavy atom. The Kier molecular flexibility index (Phi) is 10.7. The Labute approximate surface area is 239 Å². The van der Waals surface area contributed by atoms with Crippen molar-refractivity contribution in [3.05, 3.63) is 41.6 Å². The molecule has 1 atom stereocenters. The predicted molar refractivity (Wildman–Crippen MR) is 155 cm³/mol.